The summed E-state index contributed by atoms with van der Waals surface area (Å²) in [7, 11) is 3.10. The second kappa shape index (κ2) is 8.76. The fraction of sp³-hybridized carbons (Fsp3) is 0.400. The van der Waals surface area contributed by atoms with Crippen molar-refractivity contribution in [1.82, 2.24) is 24.9 Å². The van der Waals surface area contributed by atoms with Crippen LogP contribution in [0.3, 0.4) is 0 Å². The van der Waals surface area contributed by atoms with Crippen LogP contribution in [0.2, 0.25) is 0 Å². The highest BCUT2D eigenvalue weighted by atomic mass is 16.5. The molecule has 0 aliphatic carbocycles. The molecule has 29 heavy (non-hydrogen) atoms. The number of hydrogen-bond donors (Lipinski definition) is 1. The van der Waals surface area contributed by atoms with E-state index in [-0.39, 0.29) is 24.3 Å². The van der Waals surface area contributed by atoms with Gasteiger partial charge in [-0.25, -0.2) is 0 Å². The molecule has 1 fully saturated rings. The molecule has 1 aliphatic heterocycles. The Balaban J connectivity index is 1.82. The van der Waals surface area contributed by atoms with Crippen molar-refractivity contribution >= 4 is 17.7 Å². The predicted octanol–water partition coefficient (Wildman–Crippen LogP) is 0.359. The first-order chi connectivity index (χ1) is 13.9. The van der Waals surface area contributed by atoms with E-state index in [0.29, 0.717) is 30.9 Å². The van der Waals surface area contributed by atoms with Gasteiger partial charge in [0.25, 0.3) is 5.91 Å². The third-order valence-corrected chi connectivity index (χ3v) is 5.04. The van der Waals surface area contributed by atoms with Crippen LogP contribution in [0.4, 0.5) is 0 Å². The van der Waals surface area contributed by atoms with Crippen LogP contribution in [-0.4, -0.2) is 77.1 Å². The smallest absolute Gasteiger partial charge is 0.254 e. The Bertz CT molecular complexity index is 896. The Labute approximate surface area is 169 Å². The molecule has 1 aliphatic rings. The van der Waals surface area contributed by atoms with Gasteiger partial charge in [0.15, 0.2) is 0 Å². The second-order valence-electron chi connectivity index (χ2n) is 6.82. The predicted molar refractivity (Wildman–Crippen MR) is 105 cm³/mol. The lowest BCUT2D eigenvalue weighted by Crippen LogP contribution is -2.60. The van der Waals surface area contributed by atoms with E-state index >= 15 is 0 Å². The topological polar surface area (TPSA) is 96.8 Å². The Morgan fingerprint density at radius 2 is 2.07 bits per heavy atom. The number of likely N-dealkylation sites (N-methyl/N-ethyl adjacent to an activating group) is 1. The highest BCUT2D eigenvalue weighted by molar-refractivity contribution is 5.96. The van der Waals surface area contributed by atoms with Crippen molar-refractivity contribution < 1.29 is 19.1 Å². The molecule has 1 unspecified atom stereocenters. The van der Waals surface area contributed by atoms with Crippen LogP contribution in [0, 0.1) is 0 Å². The van der Waals surface area contributed by atoms with Crippen molar-refractivity contribution in [2.24, 2.45) is 0 Å². The van der Waals surface area contributed by atoms with Gasteiger partial charge in [-0.3, -0.25) is 19.1 Å². The van der Waals surface area contributed by atoms with Crippen LogP contribution in [0.15, 0.2) is 36.7 Å². The summed E-state index contributed by atoms with van der Waals surface area (Å²) in [4.78, 5) is 40.3. The van der Waals surface area contributed by atoms with Crippen LogP contribution < -0.4 is 10.1 Å². The molecule has 1 saturated heterocycles. The van der Waals surface area contributed by atoms with Crippen molar-refractivity contribution in [3.8, 4) is 5.75 Å². The van der Waals surface area contributed by atoms with Crippen LogP contribution in [0.5, 0.6) is 5.75 Å². The van der Waals surface area contributed by atoms with E-state index < -0.39 is 6.04 Å². The first-order valence-electron chi connectivity index (χ1n) is 9.37. The maximum atomic E-state index is 13.1. The van der Waals surface area contributed by atoms with Gasteiger partial charge in [0.1, 0.15) is 11.8 Å². The minimum Gasteiger partial charge on any atom is -0.496 e. The Morgan fingerprint density at radius 1 is 1.28 bits per heavy atom. The lowest BCUT2D eigenvalue weighted by molar-refractivity contribution is -0.141. The fourth-order valence-electron chi connectivity index (χ4n) is 3.52. The molecule has 2 aromatic rings. The van der Waals surface area contributed by atoms with E-state index in [4.69, 9.17) is 4.74 Å². The van der Waals surface area contributed by atoms with E-state index in [9.17, 15) is 14.4 Å². The van der Waals surface area contributed by atoms with E-state index in [1.807, 2.05) is 12.3 Å². The van der Waals surface area contributed by atoms with Gasteiger partial charge in [-0.05, 0) is 24.3 Å². The lowest BCUT2D eigenvalue weighted by atomic mass is 10.1. The summed E-state index contributed by atoms with van der Waals surface area (Å²) in [5.74, 6) is 0.0108. The minimum absolute atomic E-state index is 0.151. The number of rotatable bonds is 5. The normalized spacial score (nSPS) is 16.4. The third kappa shape index (κ3) is 4.39. The molecule has 2 heterocycles. The zero-order valence-corrected chi connectivity index (χ0v) is 16.8. The van der Waals surface area contributed by atoms with Crippen LogP contribution in [0.25, 0.3) is 0 Å². The molecule has 0 spiro atoms. The molecular formula is C20H25N5O4. The molecule has 3 rings (SSSR count). The summed E-state index contributed by atoms with van der Waals surface area (Å²) in [6.07, 6.45) is 3.53. The summed E-state index contributed by atoms with van der Waals surface area (Å²) in [6, 6.07) is 6.38. The number of benzene rings is 1. The highest BCUT2D eigenvalue weighted by Gasteiger charge is 2.35. The largest absolute Gasteiger partial charge is 0.496 e. The molecule has 0 saturated carbocycles. The summed E-state index contributed by atoms with van der Waals surface area (Å²) in [5, 5.41) is 6.77. The molecule has 0 radical (unpaired) electrons. The number of carbonyl (C=O) groups is 3. The Kier molecular flexibility index (Phi) is 6.16. The number of ether oxygens (including phenoxy) is 1. The maximum absolute atomic E-state index is 13.1. The molecule has 154 valence electrons. The van der Waals surface area contributed by atoms with Crippen LogP contribution >= 0.6 is 0 Å². The molecule has 0 bridgehead atoms. The first kappa shape index (κ1) is 20.4. The number of piperazine rings is 1. The number of hydrogen-bond acceptors (Lipinski definition) is 5. The molecule has 1 aromatic heterocycles. The molecule has 9 nitrogen and oxygen atoms in total. The first-order valence-corrected chi connectivity index (χ1v) is 9.37. The van der Waals surface area contributed by atoms with E-state index in [2.05, 4.69) is 10.4 Å². The lowest BCUT2D eigenvalue weighted by Gasteiger charge is -2.40. The van der Waals surface area contributed by atoms with Crippen molar-refractivity contribution in [3.63, 3.8) is 0 Å². The number of methoxy groups -OCH3 is 1. The van der Waals surface area contributed by atoms with E-state index in [1.54, 1.807) is 41.1 Å². The quantitative estimate of drug-likeness (QED) is 0.783. The minimum atomic E-state index is -0.697. The second-order valence-corrected chi connectivity index (χ2v) is 6.82. The molecule has 1 atom stereocenters. The summed E-state index contributed by atoms with van der Waals surface area (Å²) >= 11 is 0. The van der Waals surface area contributed by atoms with Gasteiger partial charge in [-0.1, -0.05) is 0 Å². The Hall–Kier alpha value is -3.36. The van der Waals surface area contributed by atoms with Gasteiger partial charge < -0.3 is 19.9 Å². The highest BCUT2D eigenvalue weighted by Crippen LogP contribution is 2.23. The number of nitrogens with one attached hydrogen (secondary N) is 1. The Morgan fingerprint density at radius 3 is 2.69 bits per heavy atom. The number of nitrogens with zero attached hydrogens (tertiary/aromatic N) is 4. The zero-order valence-electron chi connectivity index (χ0n) is 16.8. The van der Waals surface area contributed by atoms with Gasteiger partial charge in [0.2, 0.25) is 11.8 Å². The van der Waals surface area contributed by atoms with Crippen molar-refractivity contribution in [2.75, 3.05) is 33.8 Å². The third-order valence-electron chi connectivity index (χ3n) is 5.04. The molecular weight excluding hydrogens is 374 g/mol. The van der Waals surface area contributed by atoms with Crippen molar-refractivity contribution in [1.29, 1.82) is 0 Å². The van der Waals surface area contributed by atoms with Crippen LogP contribution in [0.1, 0.15) is 22.8 Å². The average Bonchev–Trinajstić information content (AvgIpc) is 3.25. The van der Waals surface area contributed by atoms with Gasteiger partial charge in [-0.15, -0.1) is 0 Å². The summed E-state index contributed by atoms with van der Waals surface area (Å²) in [6.45, 7) is 2.73. The summed E-state index contributed by atoms with van der Waals surface area (Å²) in [5.41, 5.74) is 1.33. The number of aromatic nitrogens is 2. The van der Waals surface area contributed by atoms with Gasteiger partial charge in [0, 0.05) is 50.6 Å². The van der Waals surface area contributed by atoms with E-state index in [1.165, 1.54) is 18.9 Å². The van der Waals surface area contributed by atoms with Gasteiger partial charge in [-0.2, -0.15) is 5.10 Å². The van der Waals surface area contributed by atoms with Crippen LogP contribution in [-0.2, 0) is 16.1 Å². The summed E-state index contributed by atoms with van der Waals surface area (Å²) < 4.78 is 7.16. The van der Waals surface area contributed by atoms with Crippen molar-refractivity contribution in [2.45, 2.75) is 19.5 Å². The maximum Gasteiger partial charge on any atom is 0.254 e. The van der Waals surface area contributed by atoms with E-state index in [0.717, 1.165) is 5.56 Å². The fourth-order valence-corrected chi connectivity index (χ4v) is 3.52. The molecule has 9 heteroatoms. The average molecular weight is 399 g/mol. The molecule has 3 amide bonds. The SMILES string of the molecule is CNC(=O)C1CN(C(=O)c2ccc(OC)c(Cn3cccn3)c2)CCN1C(C)=O. The monoisotopic (exact) mass is 399 g/mol. The molecule has 1 N–H and O–H groups in total. The number of amides is 3. The van der Waals surface area contributed by atoms with Gasteiger partial charge >= 0.3 is 0 Å². The zero-order chi connectivity index (χ0) is 21.0. The number of carbonyl (C=O) groups excluding carboxylic acids is 3. The van der Waals surface area contributed by atoms with Crippen molar-refractivity contribution in [3.05, 3.63) is 47.8 Å². The molecule has 1 aromatic carbocycles. The standard InChI is InChI=1S/C20H25N5O4/c1-14(26)25-10-9-23(13-17(25)19(27)21-2)20(28)15-5-6-18(29-3)16(11-15)12-24-8-4-7-22-24/h4-8,11,17H,9-10,12-13H2,1-3H3,(H,21,27). The van der Waals surface area contributed by atoms with Gasteiger partial charge in [0.05, 0.1) is 20.2 Å².